The Balaban J connectivity index is 1.90. The van der Waals surface area contributed by atoms with Crippen LogP contribution in [0, 0.1) is 11.8 Å². The van der Waals surface area contributed by atoms with Crippen molar-refractivity contribution in [3.05, 3.63) is 70.4 Å². The average molecular weight is 364 g/mol. The summed E-state index contributed by atoms with van der Waals surface area (Å²) in [4.78, 5) is 16.2. The number of pyridine rings is 1. The van der Waals surface area contributed by atoms with E-state index in [0.717, 1.165) is 16.3 Å². The van der Waals surface area contributed by atoms with Crippen LogP contribution in [0.5, 0.6) is 0 Å². The Hall–Kier alpha value is -2.87. The van der Waals surface area contributed by atoms with Gasteiger partial charge in [0.25, 0.3) is 0 Å². The van der Waals surface area contributed by atoms with Crippen LogP contribution in [0.2, 0.25) is 5.02 Å². The van der Waals surface area contributed by atoms with Crippen molar-refractivity contribution in [3.63, 3.8) is 0 Å². The van der Waals surface area contributed by atoms with Gasteiger partial charge in [0.2, 0.25) is 0 Å². The molecule has 0 saturated heterocycles. The SMILES string of the molecule is NCCCC(=O)c1ccc(C#Cc2c(N)ncc3ccc(Cl)cc23)cc1. The zero-order chi connectivity index (χ0) is 18.5. The van der Waals surface area contributed by atoms with E-state index in [9.17, 15) is 4.79 Å². The normalized spacial score (nSPS) is 10.4. The first-order valence-electron chi connectivity index (χ1n) is 8.27. The van der Waals surface area contributed by atoms with Gasteiger partial charge >= 0.3 is 0 Å². The molecule has 3 aromatic rings. The number of anilines is 1. The molecule has 0 aliphatic heterocycles. The molecule has 2 aromatic carbocycles. The summed E-state index contributed by atoms with van der Waals surface area (Å²) >= 11 is 6.09. The number of halogens is 1. The van der Waals surface area contributed by atoms with E-state index in [4.69, 9.17) is 23.1 Å². The van der Waals surface area contributed by atoms with Gasteiger partial charge in [-0.15, -0.1) is 0 Å². The third-order valence-electron chi connectivity index (χ3n) is 4.03. The first-order chi connectivity index (χ1) is 12.6. The molecule has 0 atom stereocenters. The lowest BCUT2D eigenvalue weighted by Crippen LogP contribution is -2.04. The van der Waals surface area contributed by atoms with Crippen molar-refractivity contribution in [1.29, 1.82) is 0 Å². The van der Waals surface area contributed by atoms with Crippen LogP contribution in [0.1, 0.15) is 34.3 Å². The van der Waals surface area contributed by atoms with E-state index in [0.29, 0.717) is 41.4 Å². The lowest BCUT2D eigenvalue weighted by molar-refractivity contribution is 0.0981. The van der Waals surface area contributed by atoms with Gasteiger partial charge in [-0.3, -0.25) is 4.79 Å². The number of hydrogen-bond donors (Lipinski definition) is 2. The molecular formula is C21H18ClN3O. The first kappa shape index (κ1) is 17.9. The second-order valence-corrected chi connectivity index (χ2v) is 6.33. The fraction of sp³-hybridized carbons (Fsp3) is 0.143. The molecule has 4 N–H and O–H groups in total. The van der Waals surface area contributed by atoms with E-state index in [1.807, 2.05) is 24.3 Å². The molecule has 130 valence electrons. The summed E-state index contributed by atoms with van der Waals surface area (Å²) in [5.41, 5.74) is 13.5. The highest BCUT2D eigenvalue weighted by molar-refractivity contribution is 6.31. The number of nitrogen functional groups attached to an aromatic ring is 1. The van der Waals surface area contributed by atoms with Crippen LogP contribution in [-0.4, -0.2) is 17.3 Å². The Bertz CT molecular complexity index is 1010. The van der Waals surface area contributed by atoms with Crippen LogP contribution in [0.25, 0.3) is 10.8 Å². The number of carbonyl (C=O) groups is 1. The highest BCUT2D eigenvalue weighted by Crippen LogP contribution is 2.24. The number of benzene rings is 2. The number of Topliss-reactive ketones (excluding diaryl/α,β-unsaturated/α-hetero) is 1. The van der Waals surface area contributed by atoms with Crippen molar-refractivity contribution < 1.29 is 4.79 Å². The maximum Gasteiger partial charge on any atom is 0.162 e. The minimum Gasteiger partial charge on any atom is -0.383 e. The molecular weight excluding hydrogens is 346 g/mol. The fourth-order valence-corrected chi connectivity index (χ4v) is 2.78. The van der Waals surface area contributed by atoms with Crippen LogP contribution in [0.4, 0.5) is 5.82 Å². The Labute approximate surface area is 157 Å². The standard InChI is InChI=1S/C21H18ClN3O/c22-17-9-8-16-13-25-21(24)18(19(16)12-17)10-5-14-3-6-15(7-4-14)20(26)2-1-11-23/h3-4,6-9,12-13H,1-2,11,23H2,(H2,24,25). The molecule has 5 heteroatoms. The third-order valence-corrected chi connectivity index (χ3v) is 4.27. The summed E-state index contributed by atoms with van der Waals surface area (Å²) in [6, 6.07) is 12.7. The minimum absolute atomic E-state index is 0.0899. The van der Waals surface area contributed by atoms with Gasteiger partial charge in [0.1, 0.15) is 5.82 Å². The largest absolute Gasteiger partial charge is 0.383 e. The molecule has 0 fully saturated rings. The van der Waals surface area contributed by atoms with Crippen LogP contribution in [0.3, 0.4) is 0 Å². The van der Waals surface area contributed by atoms with Crippen molar-refractivity contribution in [1.82, 2.24) is 4.98 Å². The Morgan fingerprint density at radius 1 is 1.12 bits per heavy atom. The highest BCUT2D eigenvalue weighted by Gasteiger charge is 2.06. The molecule has 0 saturated carbocycles. The Morgan fingerprint density at radius 2 is 1.88 bits per heavy atom. The van der Waals surface area contributed by atoms with Gasteiger partial charge in [-0.25, -0.2) is 4.98 Å². The number of nitrogens with two attached hydrogens (primary N) is 2. The lowest BCUT2D eigenvalue weighted by Gasteiger charge is -2.04. The molecule has 1 heterocycles. The number of fused-ring (bicyclic) bond motifs is 1. The second-order valence-electron chi connectivity index (χ2n) is 5.89. The Kier molecular flexibility index (Phi) is 5.52. The van der Waals surface area contributed by atoms with Crippen molar-refractivity contribution in [2.45, 2.75) is 12.8 Å². The minimum atomic E-state index is 0.0899. The number of hydrogen-bond acceptors (Lipinski definition) is 4. The van der Waals surface area contributed by atoms with Crippen molar-refractivity contribution in [2.75, 3.05) is 12.3 Å². The maximum atomic E-state index is 12.0. The van der Waals surface area contributed by atoms with Gasteiger partial charge in [0.15, 0.2) is 5.78 Å². The zero-order valence-corrected chi connectivity index (χ0v) is 14.9. The summed E-state index contributed by atoms with van der Waals surface area (Å²) in [5.74, 6) is 6.61. The van der Waals surface area contributed by atoms with E-state index in [1.165, 1.54) is 0 Å². The molecule has 26 heavy (non-hydrogen) atoms. The molecule has 0 bridgehead atoms. The zero-order valence-electron chi connectivity index (χ0n) is 14.1. The van der Waals surface area contributed by atoms with Gasteiger partial charge in [-0.1, -0.05) is 41.6 Å². The molecule has 0 aliphatic carbocycles. The highest BCUT2D eigenvalue weighted by atomic mass is 35.5. The van der Waals surface area contributed by atoms with Crippen LogP contribution >= 0.6 is 11.6 Å². The summed E-state index contributed by atoms with van der Waals surface area (Å²) in [5, 5.41) is 2.41. The van der Waals surface area contributed by atoms with Gasteiger partial charge < -0.3 is 11.5 Å². The van der Waals surface area contributed by atoms with E-state index >= 15 is 0 Å². The van der Waals surface area contributed by atoms with Crippen molar-refractivity contribution >= 4 is 34.0 Å². The first-order valence-corrected chi connectivity index (χ1v) is 8.65. The number of aromatic nitrogens is 1. The molecule has 0 aliphatic rings. The van der Waals surface area contributed by atoms with E-state index < -0.39 is 0 Å². The summed E-state index contributed by atoms with van der Waals surface area (Å²) in [6.45, 7) is 0.514. The van der Waals surface area contributed by atoms with E-state index in [-0.39, 0.29) is 5.78 Å². The van der Waals surface area contributed by atoms with Crippen LogP contribution in [-0.2, 0) is 0 Å². The molecule has 4 nitrogen and oxygen atoms in total. The summed E-state index contributed by atoms with van der Waals surface area (Å²) in [7, 11) is 0. The molecule has 0 spiro atoms. The predicted molar refractivity (Wildman–Crippen MR) is 106 cm³/mol. The molecule has 3 rings (SSSR count). The predicted octanol–water partition coefficient (Wildman–Crippen LogP) is 3.79. The van der Waals surface area contributed by atoms with E-state index in [2.05, 4.69) is 16.8 Å². The number of carbonyl (C=O) groups excluding carboxylic acids is 1. The van der Waals surface area contributed by atoms with Gasteiger partial charge in [0, 0.05) is 39.5 Å². The summed E-state index contributed by atoms with van der Waals surface area (Å²) in [6.07, 6.45) is 2.85. The average Bonchev–Trinajstić information content (AvgIpc) is 2.65. The smallest absolute Gasteiger partial charge is 0.162 e. The lowest BCUT2D eigenvalue weighted by atomic mass is 10.0. The van der Waals surface area contributed by atoms with Crippen LogP contribution < -0.4 is 11.5 Å². The van der Waals surface area contributed by atoms with Gasteiger partial charge in [-0.2, -0.15) is 0 Å². The van der Waals surface area contributed by atoms with Gasteiger partial charge in [0.05, 0.1) is 5.56 Å². The second kappa shape index (κ2) is 8.01. The number of nitrogens with zero attached hydrogens (tertiary/aromatic N) is 1. The quantitative estimate of drug-likeness (QED) is 0.545. The molecule has 0 amide bonds. The van der Waals surface area contributed by atoms with Crippen molar-refractivity contribution in [2.24, 2.45) is 5.73 Å². The number of ketones is 1. The topological polar surface area (TPSA) is 82.0 Å². The maximum absolute atomic E-state index is 12.0. The summed E-state index contributed by atoms with van der Waals surface area (Å²) < 4.78 is 0. The molecule has 0 unspecified atom stereocenters. The Morgan fingerprint density at radius 3 is 2.62 bits per heavy atom. The van der Waals surface area contributed by atoms with E-state index in [1.54, 1.807) is 24.4 Å². The van der Waals surface area contributed by atoms with Gasteiger partial charge in [-0.05, 0) is 37.2 Å². The molecule has 1 aromatic heterocycles. The molecule has 0 radical (unpaired) electrons. The number of rotatable bonds is 4. The fourth-order valence-electron chi connectivity index (χ4n) is 2.61. The third kappa shape index (κ3) is 4.02. The van der Waals surface area contributed by atoms with Crippen molar-refractivity contribution in [3.8, 4) is 11.8 Å². The monoisotopic (exact) mass is 363 g/mol. The van der Waals surface area contributed by atoms with Crippen LogP contribution in [0.15, 0.2) is 48.7 Å².